The van der Waals surface area contributed by atoms with Gasteiger partial charge in [0.05, 0.1) is 0 Å². The number of thioether (sulfide) groups is 1. The Kier molecular flexibility index (Phi) is 6.40. The summed E-state index contributed by atoms with van der Waals surface area (Å²) in [6.07, 6.45) is 3.82. The molecule has 13 heavy (non-hydrogen) atoms. The molecule has 0 unspecified atom stereocenters. The van der Waals surface area contributed by atoms with Gasteiger partial charge in [-0.05, 0) is 12.7 Å². The van der Waals surface area contributed by atoms with Gasteiger partial charge in [-0.1, -0.05) is 25.1 Å². The minimum atomic E-state index is -0.201. The van der Waals surface area contributed by atoms with Crippen LogP contribution in [0.2, 0.25) is 0 Å². The van der Waals surface area contributed by atoms with Crippen molar-refractivity contribution in [2.45, 2.75) is 19.8 Å². The number of carbonyl (C=O) groups excluding carboxylic acids is 1. The number of nitrogens with one attached hydrogen (secondary N) is 2. The number of carbonyl (C=O) groups is 1. The summed E-state index contributed by atoms with van der Waals surface area (Å²) >= 11 is 1.22. The lowest BCUT2D eigenvalue weighted by molar-refractivity contribution is 0.213. The smallest absolute Gasteiger partial charge is 0.323 e. The summed E-state index contributed by atoms with van der Waals surface area (Å²) in [5.74, 6) is 0. The highest BCUT2D eigenvalue weighted by Crippen LogP contribution is 1.95. The fourth-order valence-electron chi connectivity index (χ4n) is 0.740. The van der Waals surface area contributed by atoms with Crippen LogP contribution in [0.5, 0.6) is 0 Å². The molecule has 0 fully saturated rings. The molecule has 0 aliphatic carbocycles. The number of unbranched alkanes of at least 4 members (excludes halogenated alkanes) is 1. The van der Waals surface area contributed by atoms with Gasteiger partial charge >= 0.3 is 6.03 Å². The fraction of sp³-hybridized carbons (Fsp3) is 0.750. The predicted octanol–water partition coefficient (Wildman–Crippen LogP) is 1.73. The third kappa shape index (κ3) is 5.52. The molecule has 0 spiro atoms. The average molecular weight is 203 g/mol. The zero-order chi connectivity index (χ0) is 10.3. The highest BCUT2D eigenvalue weighted by molar-refractivity contribution is 8.13. The van der Waals surface area contributed by atoms with Crippen LogP contribution in [-0.4, -0.2) is 35.9 Å². The van der Waals surface area contributed by atoms with Crippen molar-refractivity contribution in [3.8, 4) is 0 Å². The number of nitrogens with zero attached hydrogens (tertiary/aromatic N) is 1. The van der Waals surface area contributed by atoms with Gasteiger partial charge in [-0.3, -0.25) is 10.7 Å². The molecule has 0 bridgehead atoms. The lowest BCUT2D eigenvalue weighted by atomic mass is 10.3. The SMILES string of the molecule is CCCCN(C)C(=O)NC(=N)SC. The van der Waals surface area contributed by atoms with Gasteiger partial charge in [0.15, 0.2) is 5.17 Å². The van der Waals surface area contributed by atoms with E-state index in [1.165, 1.54) is 11.8 Å². The molecule has 0 aromatic carbocycles. The van der Waals surface area contributed by atoms with Crippen molar-refractivity contribution in [2.75, 3.05) is 19.8 Å². The first-order valence-corrected chi connectivity index (χ1v) is 5.49. The number of rotatable bonds is 3. The molecule has 0 aromatic heterocycles. The molecule has 0 rings (SSSR count). The average Bonchev–Trinajstić information content (AvgIpc) is 2.13. The number of hydrogen-bond donors (Lipinski definition) is 2. The van der Waals surface area contributed by atoms with Crippen molar-refractivity contribution in [1.82, 2.24) is 10.2 Å². The van der Waals surface area contributed by atoms with E-state index in [9.17, 15) is 4.79 Å². The van der Waals surface area contributed by atoms with Crippen LogP contribution in [0.4, 0.5) is 4.79 Å². The maximum absolute atomic E-state index is 11.3. The maximum atomic E-state index is 11.3. The molecule has 0 radical (unpaired) electrons. The third-order valence-corrected chi connectivity index (χ3v) is 2.13. The zero-order valence-electron chi connectivity index (χ0n) is 8.39. The molecule has 2 amide bonds. The summed E-state index contributed by atoms with van der Waals surface area (Å²) in [4.78, 5) is 12.9. The molecule has 76 valence electrons. The summed E-state index contributed by atoms with van der Waals surface area (Å²) in [6, 6.07) is -0.201. The van der Waals surface area contributed by atoms with E-state index >= 15 is 0 Å². The molecular weight excluding hydrogens is 186 g/mol. The Morgan fingerprint density at radius 1 is 1.62 bits per heavy atom. The minimum Gasteiger partial charge on any atom is -0.328 e. The van der Waals surface area contributed by atoms with Crippen molar-refractivity contribution in [3.63, 3.8) is 0 Å². The van der Waals surface area contributed by atoms with Gasteiger partial charge in [-0.25, -0.2) is 4.79 Å². The number of amidine groups is 1. The van der Waals surface area contributed by atoms with Crippen molar-refractivity contribution in [3.05, 3.63) is 0 Å². The van der Waals surface area contributed by atoms with E-state index in [4.69, 9.17) is 5.41 Å². The van der Waals surface area contributed by atoms with Crippen molar-refractivity contribution in [2.24, 2.45) is 0 Å². The Hall–Kier alpha value is -0.710. The van der Waals surface area contributed by atoms with Crippen molar-refractivity contribution < 1.29 is 4.79 Å². The molecule has 0 aromatic rings. The second kappa shape index (κ2) is 6.77. The second-order valence-corrected chi connectivity index (χ2v) is 3.56. The highest BCUT2D eigenvalue weighted by atomic mass is 32.2. The van der Waals surface area contributed by atoms with Crippen LogP contribution in [0, 0.1) is 5.41 Å². The summed E-state index contributed by atoms with van der Waals surface area (Å²) in [5.41, 5.74) is 0. The van der Waals surface area contributed by atoms with Gasteiger partial charge in [0.25, 0.3) is 0 Å². The van der Waals surface area contributed by atoms with Crippen LogP contribution in [0.15, 0.2) is 0 Å². The van der Waals surface area contributed by atoms with Crippen molar-refractivity contribution in [1.29, 1.82) is 5.41 Å². The molecule has 0 aliphatic rings. The second-order valence-electron chi connectivity index (χ2n) is 2.74. The van der Waals surface area contributed by atoms with E-state index in [1.807, 2.05) is 0 Å². The van der Waals surface area contributed by atoms with Gasteiger partial charge in [-0.2, -0.15) is 0 Å². The minimum absolute atomic E-state index is 0.188. The summed E-state index contributed by atoms with van der Waals surface area (Å²) in [7, 11) is 1.73. The molecule has 2 N–H and O–H groups in total. The monoisotopic (exact) mass is 203 g/mol. The number of hydrogen-bond acceptors (Lipinski definition) is 3. The largest absolute Gasteiger partial charge is 0.328 e. The van der Waals surface area contributed by atoms with Crippen LogP contribution >= 0.6 is 11.8 Å². The molecule has 0 saturated heterocycles. The van der Waals surface area contributed by atoms with Gasteiger partial charge in [-0.15, -0.1) is 0 Å². The van der Waals surface area contributed by atoms with Crippen LogP contribution in [0.3, 0.4) is 0 Å². The van der Waals surface area contributed by atoms with Crippen LogP contribution < -0.4 is 5.32 Å². The van der Waals surface area contributed by atoms with Gasteiger partial charge in [0.1, 0.15) is 0 Å². The Labute approximate surface area is 83.6 Å². The molecule has 5 heteroatoms. The zero-order valence-corrected chi connectivity index (χ0v) is 9.20. The van der Waals surface area contributed by atoms with E-state index in [1.54, 1.807) is 18.2 Å². The summed E-state index contributed by atoms with van der Waals surface area (Å²) < 4.78 is 0. The fourth-order valence-corrected chi connectivity index (χ4v) is 0.930. The molecule has 0 aliphatic heterocycles. The van der Waals surface area contributed by atoms with E-state index in [2.05, 4.69) is 12.2 Å². The van der Waals surface area contributed by atoms with E-state index < -0.39 is 0 Å². The molecule has 0 heterocycles. The summed E-state index contributed by atoms with van der Waals surface area (Å²) in [5, 5.41) is 9.90. The first-order chi connectivity index (χ1) is 6.11. The van der Waals surface area contributed by atoms with Gasteiger partial charge < -0.3 is 4.90 Å². The molecular formula is C8H17N3OS. The first kappa shape index (κ1) is 12.3. The Balaban J connectivity index is 3.75. The van der Waals surface area contributed by atoms with Gasteiger partial charge in [0.2, 0.25) is 0 Å². The molecule has 0 atom stereocenters. The lowest BCUT2D eigenvalue weighted by Gasteiger charge is -2.16. The third-order valence-electron chi connectivity index (χ3n) is 1.62. The van der Waals surface area contributed by atoms with Gasteiger partial charge in [0, 0.05) is 13.6 Å². The van der Waals surface area contributed by atoms with Crippen LogP contribution in [0.1, 0.15) is 19.8 Å². The van der Waals surface area contributed by atoms with Crippen LogP contribution in [-0.2, 0) is 0 Å². The van der Waals surface area contributed by atoms with E-state index in [0.717, 1.165) is 19.4 Å². The normalized spacial score (nSPS) is 9.46. The lowest BCUT2D eigenvalue weighted by Crippen LogP contribution is -2.39. The van der Waals surface area contributed by atoms with Crippen LogP contribution in [0.25, 0.3) is 0 Å². The topological polar surface area (TPSA) is 56.2 Å². The first-order valence-electron chi connectivity index (χ1n) is 4.26. The predicted molar refractivity (Wildman–Crippen MR) is 57.3 cm³/mol. The van der Waals surface area contributed by atoms with E-state index in [0.29, 0.717) is 0 Å². The maximum Gasteiger partial charge on any atom is 0.323 e. The number of urea groups is 1. The standard InChI is InChI=1S/C8H17N3OS/c1-4-5-6-11(2)8(12)10-7(9)13-3/h4-6H2,1-3H3,(H2,9,10,12). The Bertz CT molecular complexity index is 184. The number of amides is 2. The molecule has 0 saturated carbocycles. The quantitative estimate of drug-likeness (QED) is 0.542. The highest BCUT2D eigenvalue weighted by Gasteiger charge is 2.08. The Morgan fingerprint density at radius 3 is 2.69 bits per heavy atom. The van der Waals surface area contributed by atoms with E-state index in [-0.39, 0.29) is 11.2 Å². The summed E-state index contributed by atoms with van der Waals surface area (Å²) in [6.45, 7) is 2.82. The van der Waals surface area contributed by atoms with Crippen molar-refractivity contribution >= 4 is 23.0 Å². The Morgan fingerprint density at radius 2 is 2.23 bits per heavy atom. The molecule has 4 nitrogen and oxygen atoms in total.